The Bertz CT molecular complexity index is 257. The fraction of sp³-hybridized carbons (Fsp3) is 0.938. The van der Waals surface area contributed by atoms with Gasteiger partial charge in [-0.1, -0.05) is 51.9 Å². The molecule has 0 spiro atoms. The van der Waals surface area contributed by atoms with E-state index in [0.29, 0.717) is 6.42 Å². The van der Waals surface area contributed by atoms with E-state index in [0.717, 1.165) is 12.8 Å². The monoisotopic (exact) mass is 272 g/mol. The first kappa shape index (κ1) is 18.4. The molecule has 0 fully saturated rings. The van der Waals surface area contributed by atoms with Crippen LogP contribution in [-0.4, -0.2) is 23.8 Å². The van der Waals surface area contributed by atoms with Crippen molar-refractivity contribution in [2.45, 2.75) is 84.7 Å². The van der Waals surface area contributed by atoms with Crippen molar-refractivity contribution in [3.05, 3.63) is 0 Å². The second-order valence-corrected chi connectivity index (χ2v) is 6.26. The van der Waals surface area contributed by atoms with E-state index in [9.17, 15) is 9.90 Å². The van der Waals surface area contributed by atoms with E-state index in [1.807, 2.05) is 0 Å². The summed E-state index contributed by atoms with van der Waals surface area (Å²) in [5.41, 5.74) is -1.87. The molecule has 114 valence electrons. The average molecular weight is 272 g/mol. The molecule has 0 heterocycles. The first-order chi connectivity index (χ1) is 8.79. The lowest BCUT2D eigenvalue weighted by molar-refractivity contribution is -0.167. The van der Waals surface area contributed by atoms with Crippen molar-refractivity contribution in [3.8, 4) is 0 Å². The summed E-state index contributed by atoms with van der Waals surface area (Å²) < 4.78 is 4.77. The molecule has 0 aliphatic heterocycles. The van der Waals surface area contributed by atoms with Crippen LogP contribution in [0.2, 0.25) is 0 Å². The molecule has 1 atom stereocenters. The van der Waals surface area contributed by atoms with Gasteiger partial charge in [-0.15, -0.1) is 0 Å². The van der Waals surface area contributed by atoms with E-state index < -0.39 is 11.0 Å². The Morgan fingerprint density at radius 1 is 1.00 bits per heavy atom. The Labute approximate surface area is 118 Å². The van der Waals surface area contributed by atoms with Gasteiger partial charge in [0.1, 0.15) is 0 Å². The number of carbonyl (C=O) groups excluding carboxylic acids is 1. The number of rotatable bonds is 10. The molecule has 0 aromatic heterocycles. The quantitative estimate of drug-likeness (QED) is 0.481. The van der Waals surface area contributed by atoms with Gasteiger partial charge in [0.2, 0.25) is 0 Å². The molecule has 0 saturated heterocycles. The molecule has 0 aliphatic rings. The number of ether oxygens (including phenoxy) is 1. The van der Waals surface area contributed by atoms with Gasteiger partial charge < -0.3 is 9.84 Å². The molecule has 1 N–H and O–H groups in total. The highest BCUT2D eigenvalue weighted by molar-refractivity contribution is 5.77. The number of esters is 1. The summed E-state index contributed by atoms with van der Waals surface area (Å²) >= 11 is 0. The predicted octanol–water partition coefficient (Wildman–Crippen LogP) is 4.08. The van der Waals surface area contributed by atoms with Crippen LogP contribution in [-0.2, 0) is 9.53 Å². The number of hydrogen-bond donors (Lipinski definition) is 1. The third kappa shape index (κ3) is 5.94. The molecule has 0 radical (unpaired) electrons. The summed E-state index contributed by atoms with van der Waals surface area (Å²) in [7, 11) is 1.37. The van der Waals surface area contributed by atoms with Crippen LogP contribution in [0, 0.1) is 5.41 Å². The maximum atomic E-state index is 11.7. The van der Waals surface area contributed by atoms with E-state index in [1.54, 1.807) is 20.8 Å². The van der Waals surface area contributed by atoms with E-state index in [4.69, 9.17) is 4.74 Å². The lowest BCUT2D eigenvalue weighted by atomic mass is 9.73. The zero-order valence-electron chi connectivity index (χ0n) is 13.4. The van der Waals surface area contributed by atoms with Gasteiger partial charge in [0.05, 0.1) is 18.1 Å². The maximum Gasteiger partial charge on any atom is 0.314 e. The average Bonchev–Trinajstić information content (AvgIpc) is 2.36. The highest BCUT2D eigenvalue weighted by Crippen LogP contribution is 2.36. The van der Waals surface area contributed by atoms with Crippen LogP contribution in [0.4, 0.5) is 0 Å². The minimum absolute atomic E-state index is 0.347. The molecule has 3 heteroatoms. The molecule has 0 aliphatic carbocycles. The molecular formula is C16H32O3. The summed E-state index contributed by atoms with van der Waals surface area (Å²) in [5.74, 6) is -0.347. The highest BCUT2D eigenvalue weighted by atomic mass is 16.5. The van der Waals surface area contributed by atoms with Gasteiger partial charge in [0, 0.05) is 0 Å². The lowest BCUT2D eigenvalue weighted by Gasteiger charge is -2.37. The number of unbranched alkanes of at least 4 members (excludes halogenated alkanes) is 6. The van der Waals surface area contributed by atoms with Gasteiger partial charge in [-0.25, -0.2) is 0 Å². The minimum Gasteiger partial charge on any atom is -0.469 e. The van der Waals surface area contributed by atoms with E-state index >= 15 is 0 Å². The second kappa shape index (κ2) is 8.57. The van der Waals surface area contributed by atoms with Gasteiger partial charge >= 0.3 is 5.97 Å². The maximum absolute atomic E-state index is 11.7. The lowest BCUT2D eigenvalue weighted by Crippen LogP contribution is -2.47. The van der Waals surface area contributed by atoms with Crippen LogP contribution in [0.25, 0.3) is 0 Å². The zero-order chi connectivity index (χ0) is 14.9. The fourth-order valence-electron chi connectivity index (χ4n) is 2.21. The SMILES string of the molecule is CCCCCCCCCC(C)(O)C(C)(C)C(=O)OC. The molecule has 0 bridgehead atoms. The number of carbonyl (C=O) groups is 1. The van der Waals surface area contributed by atoms with Gasteiger partial charge in [-0.05, 0) is 27.2 Å². The molecular weight excluding hydrogens is 240 g/mol. The van der Waals surface area contributed by atoms with Gasteiger partial charge in [0.15, 0.2) is 0 Å². The second-order valence-electron chi connectivity index (χ2n) is 6.26. The highest BCUT2D eigenvalue weighted by Gasteiger charge is 2.45. The van der Waals surface area contributed by atoms with Gasteiger partial charge in [-0.2, -0.15) is 0 Å². The summed E-state index contributed by atoms with van der Waals surface area (Å²) in [5, 5.41) is 10.5. The first-order valence-electron chi connectivity index (χ1n) is 7.60. The van der Waals surface area contributed by atoms with E-state index in [2.05, 4.69) is 6.92 Å². The van der Waals surface area contributed by atoms with Crippen LogP contribution in [0.5, 0.6) is 0 Å². The summed E-state index contributed by atoms with van der Waals surface area (Å²) in [6.07, 6.45) is 9.10. The van der Waals surface area contributed by atoms with Crippen molar-refractivity contribution in [3.63, 3.8) is 0 Å². The summed E-state index contributed by atoms with van der Waals surface area (Å²) in [4.78, 5) is 11.7. The molecule has 3 nitrogen and oxygen atoms in total. The molecule has 0 rings (SSSR count). The minimum atomic E-state index is -1.01. The van der Waals surface area contributed by atoms with Crippen molar-refractivity contribution in [2.75, 3.05) is 7.11 Å². The normalized spacial score (nSPS) is 15.1. The molecule has 0 aromatic rings. The van der Waals surface area contributed by atoms with Crippen molar-refractivity contribution in [1.82, 2.24) is 0 Å². The topological polar surface area (TPSA) is 46.5 Å². The molecule has 19 heavy (non-hydrogen) atoms. The Morgan fingerprint density at radius 2 is 1.47 bits per heavy atom. The van der Waals surface area contributed by atoms with Crippen molar-refractivity contribution < 1.29 is 14.6 Å². The zero-order valence-corrected chi connectivity index (χ0v) is 13.4. The molecule has 1 unspecified atom stereocenters. The Balaban J connectivity index is 4.00. The van der Waals surface area contributed by atoms with Crippen molar-refractivity contribution in [2.24, 2.45) is 5.41 Å². The van der Waals surface area contributed by atoms with Crippen molar-refractivity contribution >= 4 is 5.97 Å². The first-order valence-corrected chi connectivity index (χ1v) is 7.60. The predicted molar refractivity (Wildman–Crippen MR) is 79.0 cm³/mol. The fourth-order valence-corrected chi connectivity index (χ4v) is 2.21. The molecule has 0 saturated carbocycles. The largest absolute Gasteiger partial charge is 0.469 e. The van der Waals surface area contributed by atoms with Crippen molar-refractivity contribution in [1.29, 1.82) is 0 Å². The number of hydrogen-bond acceptors (Lipinski definition) is 3. The third-order valence-corrected chi connectivity index (χ3v) is 4.31. The third-order valence-electron chi connectivity index (χ3n) is 4.31. The van der Waals surface area contributed by atoms with Gasteiger partial charge in [0.25, 0.3) is 0 Å². The van der Waals surface area contributed by atoms with Crippen LogP contribution in [0.1, 0.15) is 79.1 Å². The number of aliphatic hydroxyl groups is 1. The summed E-state index contributed by atoms with van der Waals surface area (Å²) in [6, 6.07) is 0. The molecule has 0 amide bonds. The van der Waals surface area contributed by atoms with Gasteiger partial charge in [-0.3, -0.25) is 4.79 Å². The van der Waals surface area contributed by atoms with E-state index in [-0.39, 0.29) is 5.97 Å². The van der Waals surface area contributed by atoms with Crippen LogP contribution >= 0.6 is 0 Å². The Hall–Kier alpha value is -0.570. The van der Waals surface area contributed by atoms with Crippen LogP contribution < -0.4 is 0 Å². The Morgan fingerprint density at radius 3 is 1.95 bits per heavy atom. The van der Waals surface area contributed by atoms with Crippen LogP contribution in [0.3, 0.4) is 0 Å². The van der Waals surface area contributed by atoms with E-state index in [1.165, 1.54) is 39.2 Å². The summed E-state index contributed by atoms with van der Waals surface area (Å²) in [6.45, 7) is 7.45. The molecule has 0 aromatic carbocycles. The Kier molecular flexibility index (Phi) is 8.31. The standard InChI is InChI=1S/C16H32O3/c1-6-7-8-9-10-11-12-13-16(4,18)15(2,3)14(17)19-5/h18H,6-13H2,1-5H3. The van der Waals surface area contributed by atoms with Crippen LogP contribution in [0.15, 0.2) is 0 Å². The smallest absolute Gasteiger partial charge is 0.314 e. The number of methoxy groups -OCH3 is 1.